The predicted octanol–water partition coefficient (Wildman–Crippen LogP) is 11.6. The molecule has 10 fully saturated rings. The molecule has 432 valence electrons. The summed E-state index contributed by atoms with van der Waals surface area (Å²) in [5.74, 6) is 1.98. The summed E-state index contributed by atoms with van der Waals surface area (Å²) in [5, 5.41) is 0. The van der Waals surface area contributed by atoms with Gasteiger partial charge < -0.3 is 28.4 Å². The number of amides is 2. The summed E-state index contributed by atoms with van der Waals surface area (Å²) < 4.78 is 33.3. The molecule has 3 saturated heterocycles. The fourth-order valence-electron chi connectivity index (χ4n) is 12.8. The van der Waals surface area contributed by atoms with Gasteiger partial charge in [0.15, 0.2) is 6.61 Å². The first-order valence-electron chi connectivity index (χ1n) is 29.6. The van der Waals surface area contributed by atoms with Crippen LogP contribution in [0.15, 0.2) is 0 Å². The van der Waals surface area contributed by atoms with Crippen molar-refractivity contribution in [2.24, 2.45) is 63.1 Å². The van der Waals surface area contributed by atoms with Crippen LogP contribution in [-0.2, 0) is 66.8 Å². The van der Waals surface area contributed by atoms with Gasteiger partial charge in [-0.25, -0.2) is 4.79 Å². The molecule has 0 N–H and O–H groups in total. The lowest BCUT2D eigenvalue weighted by atomic mass is 9.49. The molecule has 5 unspecified atom stereocenters. The Kier molecular flexibility index (Phi) is 21.3. The Balaban J connectivity index is 0.000000190. The van der Waals surface area contributed by atoms with Crippen molar-refractivity contribution < 1.29 is 66.8 Å². The van der Waals surface area contributed by atoms with Gasteiger partial charge in [0.1, 0.15) is 30.0 Å². The Morgan fingerprint density at radius 3 is 1.53 bits per heavy atom. The van der Waals surface area contributed by atoms with E-state index in [1.807, 2.05) is 62.3 Å². The van der Waals surface area contributed by atoms with E-state index < -0.39 is 28.9 Å². The van der Waals surface area contributed by atoms with Crippen molar-refractivity contribution in [1.29, 1.82) is 0 Å². The number of rotatable bonds is 18. The van der Waals surface area contributed by atoms with Gasteiger partial charge in [-0.3, -0.25) is 38.5 Å². The van der Waals surface area contributed by atoms with Crippen LogP contribution in [-0.4, -0.2) is 95.7 Å². The minimum absolute atomic E-state index is 0.0197. The largest absolute Gasteiger partial charge is 0.463 e. The second-order valence-corrected chi connectivity index (χ2v) is 26.4. The molecule has 0 aromatic carbocycles. The van der Waals surface area contributed by atoms with E-state index >= 15 is 0 Å². The molecule has 15 heteroatoms. The third-order valence-corrected chi connectivity index (χ3v) is 19.7. The van der Waals surface area contributed by atoms with E-state index in [0.717, 1.165) is 80.9 Å². The van der Waals surface area contributed by atoms with E-state index in [4.69, 9.17) is 28.4 Å². The summed E-state index contributed by atoms with van der Waals surface area (Å²) in [7, 11) is 0. The maximum Gasteiger partial charge on any atom is 0.344 e. The molecule has 15 nitrogen and oxygen atoms in total. The van der Waals surface area contributed by atoms with E-state index in [0.29, 0.717) is 30.6 Å². The quantitative estimate of drug-likeness (QED) is 0.0714. The van der Waals surface area contributed by atoms with Crippen LogP contribution in [0.2, 0.25) is 0 Å². The number of carbonyl (C=O) groups is 8. The standard InChI is InChI=1S/C18H26O6.C18H30O2.C13H24O2.C12H19NO4/c1-4-18(2,3)17(21)22-9-14(19)24-15-11-5-10-6-12(8-11)16(20)23-13(15)7-10;1-5-17(3,4)16(19)20-18(6-2)14-8-12-7-13(10-14)11-15(18)9-12;1-5-12(3,4)11(14)15-13(6-2)9-7-8-10-13;1-4-12(2,3)11(16)17-8-7-13-9(14)5-6-10(13)15/h10-13,15H,4-9H2,1-3H3;12-15H,5-11H2,1-4H3;5-10H2,1-4H3;4-8H2,1-3H3. The molecule has 0 radical (unpaired) electrons. The fraction of sp³-hybridized carbons (Fsp3) is 0.869. The summed E-state index contributed by atoms with van der Waals surface area (Å²) in [5.41, 5.74) is -2.06. The Bertz CT molecular complexity index is 2020. The third-order valence-electron chi connectivity index (χ3n) is 19.7. The highest BCUT2D eigenvalue weighted by molar-refractivity contribution is 6.01. The molecule has 7 aliphatic carbocycles. The normalized spacial score (nSPS) is 29.8. The fourth-order valence-corrected chi connectivity index (χ4v) is 12.8. The second-order valence-electron chi connectivity index (χ2n) is 26.4. The molecule has 10 rings (SSSR count). The molecule has 2 amide bonds. The van der Waals surface area contributed by atoms with E-state index in [-0.39, 0.29) is 108 Å². The van der Waals surface area contributed by atoms with Crippen LogP contribution in [0.1, 0.15) is 232 Å². The molecular weight excluding hydrogens is 971 g/mol. The maximum atomic E-state index is 12.6. The smallest absolute Gasteiger partial charge is 0.344 e. The topological polar surface area (TPSA) is 195 Å². The average Bonchev–Trinajstić information content (AvgIpc) is 3.95. The highest BCUT2D eigenvalue weighted by Gasteiger charge is 2.59. The zero-order valence-electron chi connectivity index (χ0n) is 49.3. The number of nitrogens with zero attached hydrogens (tertiary/aromatic N) is 1. The van der Waals surface area contributed by atoms with Gasteiger partial charge >= 0.3 is 35.8 Å². The molecule has 10 aliphatic rings. The number of ether oxygens (including phenoxy) is 6. The molecule has 5 atom stereocenters. The van der Waals surface area contributed by atoms with Crippen LogP contribution in [0.5, 0.6) is 0 Å². The van der Waals surface area contributed by atoms with Crippen molar-refractivity contribution in [2.75, 3.05) is 19.8 Å². The van der Waals surface area contributed by atoms with Crippen LogP contribution in [0.25, 0.3) is 0 Å². The van der Waals surface area contributed by atoms with E-state index in [1.54, 1.807) is 13.8 Å². The summed E-state index contributed by atoms with van der Waals surface area (Å²) >= 11 is 0. The van der Waals surface area contributed by atoms with E-state index in [9.17, 15) is 38.4 Å². The van der Waals surface area contributed by atoms with Gasteiger partial charge in [0.25, 0.3) is 0 Å². The lowest BCUT2D eigenvalue weighted by Gasteiger charge is -2.60. The van der Waals surface area contributed by atoms with Crippen LogP contribution in [0.4, 0.5) is 0 Å². The summed E-state index contributed by atoms with van der Waals surface area (Å²) in [6, 6.07) is 0. The highest BCUT2D eigenvalue weighted by atomic mass is 16.6. The summed E-state index contributed by atoms with van der Waals surface area (Å²) in [4.78, 5) is 96.0. The van der Waals surface area contributed by atoms with E-state index in [2.05, 4.69) is 20.8 Å². The lowest BCUT2D eigenvalue weighted by molar-refractivity contribution is -0.218. The van der Waals surface area contributed by atoms with Gasteiger partial charge in [-0.15, -0.1) is 0 Å². The summed E-state index contributed by atoms with van der Waals surface area (Å²) in [6.45, 7) is 27.3. The SMILES string of the molecule is CCC(C)(C)C(=O)OC1(CC)C2CC3CC(C2)CC1C3.CCC(C)(C)C(=O)OCC(=O)OC1C2CC3CC(C2)C(=O)OC1C3.CCC(C)(C)C(=O)OCCN1C(=O)CCC1=O.CCC1(OC(=O)C(C)(C)CC)CCCC1. The third kappa shape index (κ3) is 15.0. The van der Waals surface area contributed by atoms with Crippen molar-refractivity contribution in [3.63, 3.8) is 0 Å². The number of esters is 6. The van der Waals surface area contributed by atoms with Gasteiger partial charge in [0, 0.05) is 18.8 Å². The van der Waals surface area contributed by atoms with Crippen molar-refractivity contribution in [2.45, 2.75) is 255 Å². The Labute approximate surface area is 455 Å². The molecule has 0 spiro atoms. The maximum absolute atomic E-state index is 12.6. The first kappa shape index (κ1) is 62.8. The molecule has 0 aromatic heterocycles. The van der Waals surface area contributed by atoms with Gasteiger partial charge in [-0.05, 0) is 207 Å². The predicted molar refractivity (Wildman–Crippen MR) is 287 cm³/mol. The van der Waals surface area contributed by atoms with Crippen LogP contribution in [0, 0.1) is 63.1 Å². The molecule has 8 bridgehead atoms. The number of fused-ring (bicyclic) bond motifs is 1. The van der Waals surface area contributed by atoms with Crippen molar-refractivity contribution >= 4 is 47.6 Å². The van der Waals surface area contributed by atoms with Crippen LogP contribution < -0.4 is 0 Å². The average molecular weight is 1070 g/mol. The van der Waals surface area contributed by atoms with Crippen molar-refractivity contribution in [1.82, 2.24) is 4.90 Å². The monoisotopic (exact) mass is 1070 g/mol. The van der Waals surface area contributed by atoms with Crippen molar-refractivity contribution in [3.8, 4) is 0 Å². The summed E-state index contributed by atoms with van der Waals surface area (Å²) in [6.07, 6.45) is 19.3. The number of likely N-dealkylation sites (tertiary alicyclic amines) is 1. The Morgan fingerprint density at radius 2 is 1.04 bits per heavy atom. The Morgan fingerprint density at radius 1 is 0.566 bits per heavy atom. The zero-order chi connectivity index (χ0) is 56.6. The number of hydrogen-bond acceptors (Lipinski definition) is 14. The van der Waals surface area contributed by atoms with Crippen molar-refractivity contribution in [3.05, 3.63) is 0 Å². The minimum Gasteiger partial charge on any atom is -0.463 e. The number of carbonyl (C=O) groups excluding carboxylic acids is 8. The second kappa shape index (κ2) is 25.8. The minimum atomic E-state index is -0.615. The number of hydrogen-bond donors (Lipinski definition) is 0. The number of imide groups is 1. The van der Waals surface area contributed by atoms with Gasteiger partial charge in [0.2, 0.25) is 11.8 Å². The van der Waals surface area contributed by atoms with Crippen LogP contribution in [0.3, 0.4) is 0 Å². The van der Waals surface area contributed by atoms with Gasteiger partial charge in [0.05, 0.1) is 34.1 Å². The van der Waals surface area contributed by atoms with E-state index in [1.165, 1.54) is 44.9 Å². The first-order chi connectivity index (χ1) is 35.5. The molecule has 7 saturated carbocycles. The van der Waals surface area contributed by atoms with Gasteiger partial charge in [-0.1, -0.05) is 41.5 Å². The molecule has 3 aliphatic heterocycles. The zero-order valence-corrected chi connectivity index (χ0v) is 49.3. The molecule has 0 aromatic rings. The molecule has 3 heterocycles. The first-order valence-corrected chi connectivity index (χ1v) is 29.6. The molecule has 76 heavy (non-hydrogen) atoms. The highest BCUT2D eigenvalue weighted by Crippen LogP contribution is 2.61. The van der Waals surface area contributed by atoms with Gasteiger partial charge in [-0.2, -0.15) is 0 Å². The Hall–Kier alpha value is -4.04. The lowest BCUT2D eigenvalue weighted by Crippen LogP contribution is -2.60. The van der Waals surface area contributed by atoms with Crippen LogP contribution >= 0.6 is 0 Å². The molecular formula is C61H99NO14.